The smallest absolute Gasteiger partial charge is 0.405 e. The lowest BCUT2D eigenvalue weighted by Crippen LogP contribution is -2.23. The molecule has 3 rings (SSSR count). The summed E-state index contributed by atoms with van der Waals surface area (Å²) in [6.45, 7) is -0.460. The minimum absolute atomic E-state index is 0.356. The molecule has 0 bridgehead atoms. The Labute approximate surface area is 149 Å². The van der Waals surface area contributed by atoms with Crippen LogP contribution in [0.3, 0.4) is 0 Å². The molecule has 2 heterocycles. The lowest BCUT2D eigenvalue weighted by Gasteiger charge is -2.08. The van der Waals surface area contributed by atoms with Crippen molar-refractivity contribution in [1.29, 1.82) is 0 Å². The van der Waals surface area contributed by atoms with Gasteiger partial charge in [-0.2, -0.15) is 0 Å². The van der Waals surface area contributed by atoms with Crippen molar-refractivity contribution in [1.82, 2.24) is 9.97 Å². The molecule has 0 fully saturated rings. The van der Waals surface area contributed by atoms with Crippen molar-refractivity contribution in [3.63, 3.8) is 0 Å². The largest absolute Gasteiger partial charge is 0.440 e. The number of amides is 2. The van der Waals surface area contributed by atoms with E-state index in [1.54, 1.807) is 24.5 Å². The molecular formula is C19H16N4O3. The average molecular weight is 348 g/mol. The van der Waals surface area contributed by atoms with E-state index >= 15 is 0 Å². The minimum Gasteiger partial charge on any atom is -0.440 e. The van der Waals surface area contributed by atoms with Gasteiger partial charge in [0.05, 0.1) is 5.69 Å². The molecule has 0 unspecified atom stereocenters. The first-order chi connectivity index (χ1) is 12.6. The van der Waals surface area contributed by atoms with Gasteiger partial charge in [-0.3, -0.25) is 9.78 Å². The van der Waals surface area contributed by atoms with Crippen LogP contribution in [0.2, 0.25) is 0 Å². The third-order valence-electron chi connectivity index (χ3n) is 3.53. The van der Waals surface area contributed by atoms with E-state index in [2.05, 4.69) is 20.0 Å². The Hall–Kier alpha value is -3.74. The van der Waals surface area contributed by atoms with Gasteiger partial charge in [-0.1, -0.05) is 24.3 Å². The van der Waals surface area contributed by atoms with E-state index in [9.17, 15) is 9.59 Å². The van der Waals surface area contributed by atoms with Crippen molar-refractivity contribution in [2.75, 3.05) is 11.9 Å². The Morgan fingerprint density at radius 1 is 0.962 bits per heavy atom. The summed E-state index contributed by atoms with van der Waals surface area (Å²) in [6, 6.07) is 17.0. The third kappa shape index (κ3) is 4.41. The number of hydrogen-bond donors (Lipinski definition) is 2. The molecule has 3 aromatic rings. The highest BCUT2D eigenvalue weighted by molar-refractivity contribution is 5.92. The number of nitrogens with zero attached hydrogens (tertiary/aromatic N) is 2. The second-order valence-corrected chi connectivity index (χ2v) is 5.38. The maximum Gasteiger partial charge on any atom is 0.405 e. The highest BCUT2D eigenvalue weighted by Gasteiger charge is 2.08. The standard InChI is InChI=1S/C19H16N4O3/c20-19(25)26-12-18(24)23-17-6-2-5-16(22-17)15-4-1-3-14(11-15)13-7-9-21-10-8-13/h1-11H,12H2,(H2,20,25)(H,22,23,24). The van der Waals surface area contributed by atoms with Crippen LogP contribution in [0.25, 0.3) is 22.4 Å². The number of carbonyl (C=O) groups excluding carboxylic acids is 2. The maximum atomic E-state index is 11.7. The van der Waals surface area contributed by atoms with Gasteiger partial charge in [0.2, 0.25) is 0 Å². The summed E-state index contributed by atoms with van der Waals surface area (Å²) in [5.41, 5.74) is 8.53. The van der Waals surface area contributed by atoms with Gasteiger partial charge in [0, 0.05) is 18.0 Å². The van der Waals surface area contributed by atoms with E-state index in [1.807, 2.05) is 42.5 Å². The number of ether oxygens (including phenoxy) is 1. The van der Waals surface area contributed by atoms with Crippen LogP contribution in [0.4, 0.5) is 10.6 Å². The van der Waals surface area contributed by atoms with Crippen LogP contribution in [-0.4, -0.2) is 28.6 Å². The Kier molecular flexibility index (Phi) is 5.19. The molecular weight excluding hydrogens is 332 g/mol. The Morgan fingerprint density at radius 2 is 1.69 bits per heavy atom. The van der Waals surface area contributed by atoms with Crippen LogP contribution < -0.4 is 11.1 Å². The number of nitrogens with one attached hydrogen (secondary N) is 1. The second kappa shape index (κ2) is 7.89. The molecule has 1 aromatic carbocycles. The summed E-state index contributed by atoms with van der Waals surface area (Å²) >= 11 is 0. The van der Waals surface area contributed by atoms with Crippen molar-refractivity contribution < 1.29 is 14.3 Å². The molecule has 0 saturated carbocycles. The summed E-state index contributed by atoms with van der Waals surface area (Å²) < 4.78 is 4.45. The zero-order chi connectivity index (χ0) is 18.4. The molecule has 7 nitrogen and oxygen atoms in total. The Morgan fingerprint density at radius 3 is 2.46 bits per heavy atom. The van der Waals surface area contributed by atoms with Crippen LogP contribution in [0.15, 0.2) is 67.0 Å². The first-order valence-electron chi connectivity index (χ1n) is 7.82. The number of pyridine rings is 2. The van der Waals surface area contributed by atoms with Crippen molar-refractivity contribution in [3.05, 3.63) is 67.0 Å². The predicted molar refractivity (Wildman–Crippen MR) is 97.1 cm³/mol. The highest BCUT2D eigenvalue weighted by atomic mass is 16.5. The Balaban J connectivity index is 1.80. The molecule has 0 saturated heterocycles. The van der Waals surface area contributed by atoms with E-state index in [4.69, 9.17) is 5.73 Å². The van der Waals surface area contributed by atoms with E-state index in [0.717, 1.165) is 16.7 Å². The van der Waals surface area contributed by atoms with E-state index < -0.39 is 18.6 Å². The van der Waals surface area contributed by atoms with Gasteiger partial charge in [0.15, 0.2) is 6.61 Å². The van der Waals surface area contributed by atoms with Gasteiger partial charge in [-0.25, -0.2) is 9.78 Å². The summed E-state index contributed by atoms with van der Waals surface area (Å²) in [7, 11) is 0. The third-order valence-corrected chi connectivity index (χ3v) is 3.53. The molecule has 0 radical (unpaired) electrons. The summed E-state index contributed by atoms with van der Waals surface area (Å²) in [5.74, 6) is -0.158. The lowest BCUT2D eigenvalue weighted by molar-refractivity contribution is -0.118. The van der Waals surface area contributed by atoms with E-state index in [-0.39, 0.29) is 0 Å². The van der Waals surface area contributed by atoms with Crippen LogP contribution in [0.1, 0.15) is 0 Å². The number of aromatic nitrogens is 2. The molecule has 130 valence electrons. The van der Waals surface area contributed by atoms with Crippen LogP contribution in [0.5, 0.6) is 0 Å². The molecule has 0 atom stereocenters. The molecule has 2 amide bonds. The van der Waals surface area contributed by atoms with Crippen molar-refractivity contribution in [2.24, 2.45) is 5.73 Å². The topological polar surface area (TPSA) is 107 Å². The summed E-state index contributed by atoms with van der Waals surface area (Å²) in [6.07, 6.45) is 2.48. The zero-order valence-corrected chi connectivity index (χ0v) is 13.8. The second-order valence-electron chi connectivity index (χ2n) is 5.38. The van der Waals surface area contributed by atoms with Gasteiger partial charge in [0.25, 0.3) is 5.91 Å². The number of rotatable bonds is 5. The van der Waals surface area contributed by atoms with Gasteiger partial charge in [-0.05, 0) is 41.5 Å². The SMILES string of the molecule is NC(=O)OCC(=O)Nc1cccc(-c2cccc(-c3ccncc3)c2)n1. The molecule has 2 aromatic heterocycles. The first kappa shape index (κ1) is 17.1. The molecule has 0 spiro atoms. The van der Waals surface area contributed by atoms with Gasteiger partial charge in [0.1, 0.15) is 5.82 Å². The zero-order valence-electron chi connectivity index (χ0n) is 13.8. The van der Waals surface area contributed by atoms with E-state index in [1.165, 1.54) is 0 Å². The van der Waals surface area contributed by atoms with Crippen molar-refractivity contribution in [3.8, 4) is 22.4 Å². The number of primary amides is 1. The molecule has 0 aliphatic rings. The number of anilines is 1. The van der Waals surface area contributed by atoms with Crippen molar-refractivity contribution in [2.45, 2.75) is 0 Å². The molecule has 26 heavy (non-hydrogen) atoms. The normalized spacial score (nSPS) is 10.2. The molecule has 3 N–H and O–H groups in total. The van der Waals surface area contributed by atoms with Gasteiger partial charge in [-0.15, -0.1) is 0 Å². The average Bonchev–Trinajstić information content (AvgIpc) is 2.67. The first-order valence-corrected chi connectivity index (χ1v) is 7.82. The molecule has 0 aliphatic carbocycles. The monoisotopic (exact) mass is 348 g/mol. The lowest BCUT2D eigenvalue weighted by atomic mass is 10.0. The fourth-order valence-electron chi connectivity index (χ4n) is 2.38. The molecule has 0 aliphatic heterocycles. The number of carbonyl (C=O) groups is 2. The summed E-state index contributed by atoms with van der Waals surface area (Å²) in [4.78, 5) is 30.7. The molecule has 7 heteroatoms. The fraction of sp³-hybridized carbons (Fsp3) is 0.0526. The number of hydrogen-bond acceptors (Lipinski definition) is 5. The number of benzene rings is 1. The summed E-state index contributed by atoms with van der Waals surface area (Å²) in [5, 5.41) is 2.56. The van der Waals surface area contributed by atoms with Gasteiger partial charge < -0.3 is 15.8 Å². The predicted octanol–water partition coefficient (Wildman–Crippen LogP) is 2.84. The van der Waals surface area contributed by atoms with Crippen LogP contribution in [-0.2, 0) is 9.53 Å². The Bertz CT molecular complexity index is 929. The van der Waals surface area contributed by atoms with Crippen LogP contribution >= 0.6 is 0 Å². The maximum absolute atomic E-state index is 11.7. The quantitative estimate of drug-likeness (QED) is 0.737. The van der Waals surface area contributed by atoms with E-state index in [0.29, 0.717) is 11.5 Å². The van der Waals surface area contributed by atoms with Crippen LogP contribution in [0, 0.1) is 0 Å². The fourth-order valence-corrected chi connectivity index (χ4v) is 2.38. The highest BCUT2D eigenvalue weighted by Crippen LogP contribution is 2.25. The van der Waals surface area contributed by atoms with Gasteiger partial charge >= 0.3 is 6.09 Å². The van der Waals surface area contributed by atoms with Crippen molar-refractivity contribution >= 4 is 17.8 Å². The minimum atomic E-state index is -1.00. The number of nitrogens with two attached hydrogens (primary N) is 1.